The lowest BCUT2D eigenvalue weighted by atomic mass is 10.1. The summed E-state index contributed by atoms with van der Waals surface area (Å²) in [5, 5.41) is 3.63. The summed E-state index contributed by atoms with van der Waals surface area (Å²) in [6.45, 7) is 1.94. The molecule has 0 amide bonds. The van der Waals surface area contributed by atoms with E-state index in [0.29, 0.717) is 11.0 Å². The molecule has 0 atom stereocenters. The van der Waals surface area contributed by atoms with E-state index in [1.54, 1.807) is 19.2 Å². The Balaban J connectivity index is 1.97. The molecule has 0 N–H and O–H groups in total. The van der Waals surface area contributed by atoms with Crippen molar-refractivity contribution in [1.82, 2.24) is 3.97 Å². The van der Waals surface area contributed by atoms with Gasteiger partial charge in [-0.05, 0) is 48.7 Å². The van der Waals surface area contributed by atoms with Gasteiger partial charge in [-0.3, -0.25) is 0 Å². The van der Waals surface area contributed by atoms with Gasteiger partial charge in [0.2, 0.25) is 0 Å². The highest BCUT2D eigenvalue weighted by molar-refractivity contribution is 7.90. The number of para-hydroxylation sites is 1. The van der Waals surface area contributed by atoms with Crippen molar-refractivity contribution in [2.24, 2.45) is 0 Å². The third kappa shape index (κ3) is 2.62. The maximum Gasteiger partial charge on any atom is 0.268 e. The molecule has 5 rings (SSSR count). The normalized spacial score (nSPS) is 12.1. The molecule has 29 heavy (non-hydrogen) atoms. The van der Waals surface area contributed by atoms with Gasteiger partial charge in [-0.25, -0.2) is 12.4 Å². The Morgan fingerprint density at radius 2 is 1.52 bits per heavy atom. The van der Waals surface area contributed by atoms with E-state index in [2.05, 4.69) is 0 Å². The smallest absolute Gasteiger partial charge is 0.268 e. The fourth-order valence-electron chi connectivity index (χ4n) is 3.92. The molecule has 144 valence electrons. The van der Waals surface area contributed by atoms with E-state index >= 15 is 0 Å². The highest BCUT2D eigenvalue weighted by Crippen LogP contribution is 2.37. The molecule has 0 aliphatic heterocycles. The zero-order valence-electron chi connectivity index (χ0n) is 16.1. The first kappa shape index (κ1) is 17.8. The summed E-state index contributed by atoms with van der Waals surface area (Å²) in [7, 11) is -2.16. The Hall–Kier alpha value is -3.31. The number of aromatic nitrogens is 1. The topological polar surface area (TPSA) is 48.3 Å². The zero-order chi connectivity index (χ0) is 20.2. The van der Waals surface area contributed by atoms with Gasteiger partial charge in [0.05, 0.1) is 23.0 Å². The summed E-state index contributed by atoms with van der Waals surface area (Å²) < 4.78 is 34.3. The molecule has 0 radical (unpaired) electrons. The number of aryl methyl sites for hydroxylation is 1. The van der Waals surface area contributed by atoms with E-state index < -0.39 is 10.0 Å². The van der Waals surface area contributed by atoms with Gasteiger partial charge in [-0.15, -0.1) is 0 Å². The van der Waals surface area contributed by atoms with Gasteiger partial charge in [-0.1, -0.05) is 48.0 Å². The monoisotopic (exact) mass is 401 g/mol. The maximum absolute atomic E-state index is 13.7. The number of benzene rings is 4. The van der Waals surface area contributed by atoms with E-state index in [1.807, 2.05) is 73.7 Å². The van der Waals surface area contributed by atoms with Crippen molar-refractivity contribution in [2.75, 3.05) is 7.11 Å². The van der Waals surface area contributed by atoms with Crippen molar-refractivity contribution in [3.05, 3.63) is 84.4 Å². The third-order valence-corrected chi connectivity index (χ3v) is 7.10. The van der Waals surface area contributed by atoms with E-state index in [0.717, 1.165) is 32.9 Å². The van der Waals surface area contributed by atoms with Crippen LogP contribution in [-0.4, -0.2) is 19.5 Å². The fourth-order valence-corrected chi connectivity index (χ4v) is 5.46. The Morgan fingerprint density at radius 3 is 2.28 bits per heavy atom. The average molecular weight is 401 g/mol. The van der Waals surface area contributed by atoms with Crippen molar-refractivity contribution >= 4 is 42.6 Å². The fraction of sp³-hybridized carbons (Fsp3) is 0.0833. The van der Waals surface area contributed by atoms with Crippen LogP contribution in [0.25, 0.3) is 32.6 Å². The number of rotatable bonds is 3. The molecule has 1 heterocycles. The Kier molecular flexibility index (Phi) is 3.89. The largest absolute Gasteiger partial charge is 0.497 e. The second kappa shape index (κ2) is 6.36. The summed E-state index contributed by atoms with van der Waals surface area (Å²) in [4.78, 5) is 0.274. The number of fused-ring (bicyclic) bond motifs is 5. The molecule has 0 saturated heterocycles. The Labute approximate surface area is 169 Å². The lowest BCUT2D eigenvalue weighted by Gasteiger charge is -2.11. The van der Waals surface area contributed by atoms with E-state index in [-0.39, 0.29) is 4.90 Å². The van der Waals surface area contributed by atoms with Crippen LogP contribution < -0.4 is 4.74 Å². The van der Waals surface area contributed by atoms with Gasteiger partial charge in [0.1, 0.15) is 5.75 Å². The van der Waals surface area contributed by atoms with Gasteiger partial charge in [0.15, 0.2) is 0 Å². The van der Waals surface area contributed by atoms with Crippen molar-refractivity contribution in [2.45, 2.75) is 11.8 Å². The van der Waals surface area contributed by atoms with Gasteiger partial charge in [0.25, 0.3) is 10.0 Å². The Bertz CT molecular complexity index is 1500. The van der Waals surface area contributed by atoms with Crippen molar-refractivity contribution in [3.63, 3.8) is 0 Å². The minimum Gasteiger partial charge on any atom is -0.497 e. The minimum absolute atomic E-state index is 0.274. The van der Waals surface area contributed by atoms with Crippen LogP contribution in [0.1, 0.15) is 5.56 Å². The van der Waals surface area contributed by atoms with Gasteiger partial charge in [0, 0.05) is 16.2 Å². The van der Waals surface area contributed by atoms with Crippen LogP contribution in [0, 0.1) is 6.92 Å². The summed E-state index contributed by atoms with van der Waals surface area (Å²) in [6, 6.07) is 24.3. The van der Waals surface area contributed by atoms with Crippen LogP contribution in [-0.2, 0) is 10.0 Å². The molecule has 5 heteroatoms. The lowest BCUT2D eigenvalue weighted by molar-refractivity contribution is 0.415. The molecule has 1 aromatic heterocycles. The lowest BCUT2D eigenvalue weighted by Crippen LogP contribution is -2.13. The van der Waals surface area contributed by atoms with Gasteiger partial charge in [-0.2, -0.15) is 0 Å². The second-order valence-corrected chi connectivity index (χ2v) is 8.94. The molecule has 0 unspecified atom stereocenters. The molecule has 0 aliphatic rings. The van der Waals surface area contributed by atoms with Crippen molar-refractivity contribution < 1.29 is 13.2 Å². The number of methoxy groups -OCH3 is 1. The quantitative estimate of drug-likeness (QED) is 0.401. The van der Waals surface area contributed by atoms with Crippen LogP contribution >= 0.6 is 0 Å². The maximum atomic E-state index is 13.7. The number of ether oxygens (including phenoxy) is 1. The first-order valence-corrected chi connectivity index (χ1v) is 10.8. The van der Waals surface area contributed by atoms with Crippen LogP contribution in [0.5, 0.6) is 5.75 Å². The second-order valence-electron chi connectivity index (χ2n) is 7.15. The SMILES string of the molecule is COc1ccc2c(ccc3c4ccccc4n(S(=O)(=O)c4ccc(C)cc4)c23)c1. The highest BCUT2D eigenvalue weighted by atomic mass is 32.2. The van der Waals surface area contributed by atoms with E-state index in [9.17, 15) is 8.42 Å². The average Bonchev–Trinajstić information content (AvgIpc) is 3.09. The molecule has 0 aliphatic carbocycles. The molecule has 0 bridgehead atoms. The zero-order valence-corrected chi connectivity index (χ0v) is 16.9. The summed E-state index contributed by atoms with van der Waals surface area (Å²) in [5.74, 6) is 0.737. The standard InChI is InChI=1S/C24H19NO3S/c1-16-7-11-19(12-8-16)29(26,27)25-23-6-4-3-5-21(23)22-13-9-17-15-18(28-2)10-14-20(17)24(22)25/h3-15H,1-2H3. The first-order chi connectivity index (χ1) is 14.0. The number of hydrogen-bond donors (Lipinski definition) is 0. The molecular formula is C24H19NO3S. The molecular weight excluding hydrogens is 382 g/mol. The van der Waals surface area contributed by atoms with Crippen LogP contribution in [0.3, 0.4) is 0 Å². The molecule has 0 fully saturated rings. The minimum atomic E-state index is -3.79. The third-order valence-electron chi connectivity index (χ3n) is 5.37. The molecule has 4 aromatic carbocycles. The van der Waals surface area contributed by atoms with E-state index in [1.165, 1.54) is 3.97 Å². The van der Waals surface area contributed by atoms with Crippen LogP contribution in [0.4, 0.5) is 0 Å². The molecule has 0 spiro atoms. The van der Waals surface area contributed by atoms with E-state index in [4.69, 9.17) is 4.74 Å². The summed E-state index contributed by atoms with van der Waals surface area (Å²) in [6.07, 6.45) is 0. The van der Waals surface area contributed by atoms with Crippen LogP contribution in [0.15, 0.2) is 83.8 Å². The predicted molar refractivity (Wildman–Crippen MR) is 117 cm³/mol. The first-order valence-electron chi connectivity index (χ1n) is 9.33. The Morgan fingerprint density at radius 1 is 0.793 bits per heavy atom. The highest BCUT2D eigenvalue weighted by Gasteiger charge is 2.24. The van der Waals surface area contributed by atoms with Crippen molar-refractivity contribution in [3.8, 4) is 5.75 Å². The van der Waals surface area contributed by atoms with Crippen LogP contribution in [0.2, 0.25) is 0 Å². The van der Waals surface area contributed by atoms with Gasteiger partial charge < -0.3 is 4.74 Å². The number of hydrogen-bond acceptors (Lipinski definition) is 3. The predicted octanol–water partition coefficient (Wildman–Crippen LogP) is 5.50. The number of nitrogens with zero attached hydrogens (tertiary/aromatic N) is 1. The summed E-state index contributed by atoms with van der Waals surface area (Å²) >= 11 is 0. The van der Waals surface area contributed by atoms with Gasteiger partial charge >= 0.3 is 0 Å². The van der Waals surface area contributed by atoms with Crippen molar-refractivity contribution in [1.29, 1.82) is 0 Å². The molecule has 5 aromatic rings. The molecule has 0 saturated carbocycles. The molecule has 4 nitrogen and oxygen atoms in total. The summed E-state index contributed by atoms with van der Waals surface area (Å²) in [5.41, 5.74) is 2.38.